The van der Waals surface area contributed by atoms with Crippen LogP contribution in [0.1, 0.15) is 174 Å². The van der Waals surface area contributed by atoms with Crippen LogP contribution in [0.15, 0.2) is 24.3 Å². The van der Waals surface area contributed by atoms with E-state index in [9.17, 15) is 75.2 Å². The smallest absolute Gasteiger partial charge is 0.462 e. The largest absolute Gasteiger partial charge is 0.472 e. The van der Waals surface area contributed by atoms with E-state index in [2.05, 4.69) is 13.8 Å². The third-order valence-electron chi connectivity index (χ3n) is 14.4. The molecule has 3 aliphatic rings. The number of carbonyl (C=O) groups is 2. The van der Waals surface area contributed by atoms with Gasteiger partial charge in [0.05, 0.1) is 19.8 Å². The van der Waals surface area contributed by atoms with E-state index in [1.54, 1.807) is 6.08 Å². The molecule has 16 atom stereocenters. The zero-order valence-corrected chi connectivity index (χ0v) is 46.8. The van der Waals surface area contributed by atoms with Gasteiger partial charge < -0.3 is 89.5 Å². The fourth-order valence-electron chi connectivity index (χ4n) is 9.56. The van der Waals surface area contributed by atoms with Gasteiger partial charge in [0, 0.05) is 12.5 Å². The predicted molar refractivity (Wildman–Crippen MR) is 282 cm³/mol. The first-order chi connectivity index (χ1) is 37.4. The minimum atomic E-state index is -5.66. The fraction of sp³-hybridized carbons (Fsp3) is 0.889. The summed E-state index contributed by atoms with van der Waals surface area (Å²) in [6.45, 7) is 0.884. The van der Waals surface area contributed by atoms with Crippen molar-refractivity contribution < 1.29 is 113 Å². The molecule has 0 aromatic heterocycles. The van der Waals surface area contributed by atoms with Crippen molar-refractivity contribution in [2.24, 2.45) is 0 Å². The molecular weight excluding hydrogens is 1050 g/mol. The van der Waals surface area contributed by atoms with E-state index < -0.39 is 150 Å². The molecule has 0 amide bonds. The van der Waals surface area contributed by atoms with Crippen LogP contribution in [0.4, 0.5) is 0 Å². The van der Waals surface area contributed by atoms with Gasteiger partial charge in [-0.05, 0) is 19.3 Å². The molecule has 23 nitrogen and oxygen atoms in total. The Morgan fingerprint density at radius 2 is 0.923 bits per heavy atom. The first kappa shape index (κ1) is 70.2. The molecule has 456 valence electrons. The monoisotopic (exact) mass is 1140 g/mol. The molecule has 16 unspecified atom stereocenters. The molecule has 78 heavy (non-hydrogen) atoms. The maximum Gasteiger partial charge on any atom is 0.472 e. The van der Waals surface area contributed by atoms with E-state index in [1.165, 1.54) is 96.0 Å². The summed E-state index contributed by atoms with van der Waals surface area (Å²) in [6.07, 6.45) is -1.84. The Morgan fingerprint density at radius 3 is 1.36 bits per heavy atom. The number of allylic oxidation sites excluding steroid dienone is 3. The molecule has 0 bridgehead atoms. The molecule has 3 rings (SSSR count). The zero-order chi connectivity index (χ0) is 57.5. The summed E-state index contributed by atoms with van der Waals surface area (Å²) in [5.41, 5.74) is 0. The quantitative estimate of drug-likeness (QED) is 0.0137. The maximum atomic E-state index is 14.0. The van der Waals surface area contributed by atoms with Gasteiger partial charge in [0.15, 0.2) is 18.7 Å². The fourth-order valence-corrected chi connectivity index (χ4v) is 10.5. The Hall–Kier alpha value is -2.07. The number of phosphoric acid groups is 1. The first-order valence-electron chi connectivity index (χ1n) is 28.7. The maximum absolute atomic E-state index is 14.0. The Balaban J connectivity index is 1.75. The van der Waals surface area contributed by atoms with Gasteiger partial charge in [-0.15, -0.1) is 0 Å². The number of hydrogen-bond donors (Lipinski definition) is 12. The molecule has 1 aliphatic carbocycles. The van der Waals surface area contributed by atoms with Gasteiger partial charge in [0.1, 0.15) is 92.1 Å². The Labute approximate surface area is 460 Å². The van der Waals surface area contributed by atoms with Gasteiger partial charge in [-0.1, -0.05) is 167 Å². The first-order valence-corrected chi connectivity index (χ1v) is 30.2. The zero-order valence-electron chi connectivity index (χ0n) is 45.9. The number of esters is 2. The topological polar surface area (TPSA) is 368 Å². The highest BCUT2D eigenvalue weighted by atomic mass is 31.2. The van der Waals surface area contributed by atoms with Gasteiger partial charge in [0.2, 0.25) is 0 Å². The summed E-state index contributed by atoms with van der Waals surface area (Å²) in [5, 5.41) is 116. The van der Waals surface area contributed by atoms with Crippen LogP contribution < -0.4 is 0 Å². The number of ether oxygens (including phenoxy) is 6. The van der Waals surface area contributed by atoms with Gasteiger partial charge in [-0.3, -0.25) is 13.8 Å². The van der Waals surface area contributed by atoms with Crippen molar-refractivity contribution >= 4 is 19.8 Å². The van der Waals surface area contributed by atoms with E-state index in [1.807, 2.05) is 6.08 Å². The van der Waals surface area contributed by atoms with Crippen LogP contribution in [0.25, 0.3) is 0 Å². The summed E-state index contributed by atoms with van der Waals surface area (Å²) in [7, 11) is -5.66. The molecular formula is C54H97O23P. The highest BCUT2D eigenvalue weighted by Crippen LogP contribution is 2.49. The van der Waals surface area contributed by atoms with Crippen molar-refractivity contribution in [3.05, 3.63) is 24.3 Å². The standard InChI is InChI=1S/C54H97O23P/c1-3-5-7-9-11-13-15-17-18-19-21-23-25-27-29-31-40(58)72-36(34-70-39(57)30-28-26-24-22-20-16-14-12-10-8-6-4-2)35-71-78(68,69)77-52-50(75-53-48(66)43(61)41(59)37(32-55)73-53)46(64)45(63)47(65)51(52)76-54-49(67)44(62)42(60)38(33-56)74-54/h25,27,29,31,36-38,41-56,59-67H,3-24,26,28,30,32-35H2,1-2H3,(H,68,69). The second-order valence-corrected chi connectivity index (χ2v) is 22.3. The lowest BCUT2D eigenvalue weighted by atomic mass is 9.84. The Kier molecular flexibility index (Phi) is 35.5. The van der Waals surface area contributed by atoms with Crippen molar-refractivity contribution in [2.75, 3.05) is 26.4 Å². The van der Waals surface area contributed by atoms with Crippen molar-refractivity contribution in [1.29, 1.82) is 0 Å². The van der Waals surface area contributed by atoms with Crippen LogP contribution in [-0.2, 0) is 51.6 Å². The molecule has 0 aromatic carbocycles. The van der Waals surface area contributed by atoms with Gasteiger partial charge in [-0.2, -0.15) is 0 Å². The average Bonchev–Trinajstić information content (AvgIpc) is 3.49. The lowest BCUT2D eigenvalue weighted by Gasteiger charge is -2.49. The number of carbonyl (C=O) groups excluding carboxylic acids is 2. The van der Waals surface area contributed by atoms with Crippen molar-refractivity contribution in [1.82, 2.24) is 0 Å². The molecule has 1 saturated carbocycles. The van der Waals surface area contributed by atoms with Crippen molar-refractivity contribution in [2.45, 2.75) is 279 Å². The van der Waals surface area contributed by atoms with Crippen LogP contribution in [-0.4, -0.2) is 204 Å². The molecule has 2 heterocycles. The summed E-state index contributed by atoms with van der Waals surface area (Å²) >= 11 is 0. The SMILES string of the molecule is CCCCCCCCCCCCCC=CC=CC(=O)OC(COC(=O)CCCCCCCCCCCCCC)COP(=O)(O)OC1C(OC2OC(CO)C(O)C(O)C2O)C(O)C(O)C(O)C1OC1OC(CO)C(O)C(O)C1O. The molecule has 24 heteroatoms. The van der Waals surface area contributed by atoms with Crippen LogP contribution >= 0.6 is 7.82 Å². The third-order valence-corrected chi connectivity index (χ3v) is 15.4. The number of hydrogen-bond acceptors (Lipinski definition) is 22. The van der Waals surface area contributed by atoms with E-state index in [0.29, 0.717) is 6.42 Å². The number of rotatable bonds is 41. The summed E-state index contributed by atoms with van der Waals surface area (Å²) in [5.74, 6) is -1.58. The third kappa shape index (κ3) is 25.2. The molecule has 2 aliphatic heterocycles. The molecule has 0 aromatic rings. The minimum absolute atomic E-state index is 0.0359. The average molecular weight is 1150 g/mol. The van der Waals surface area contributed by atoms with E-state index >= 15 is 0 Å². The van der Waals surface area contributed by atoms with Crippen molar-refractivity contribution in [3.8, 4) is 0 Å². The summed E-state index contributed by atoms with van der Waals surface area (Å²) in [4.78, 5) is 37.3. The van der Waals surface area contributed by atoms with Crippen LogP contribution in [0.5, 0.6) is 0 Å². The van der Waals surface area contributed by atoms with Gasteiger partial charge in [-0.25, -0.2) is 9.36 Å². The molecule has 12 N–H and O–H groups in total. The van der Waals surface area contributed by atoms with Crippen molar-refractivity contribution in [3.63, 3.8) is 0 Å². The summed E-state index contributed by atoms with van der Waals surface area (Å²) < 4.78 is 57.8. The van der Waals surface area contributed by atoms with E-state index in [-0.39, 0.29) is 6.42 Å². The number of aliphatic hydroxyl groups is 11. The molecule has 0 spiro atoms. The van der Waals surface area contributed by atoms with E-state index in [4.69, 9.17) is 37.5 Å². The summed E-state index contributed by atoms with van der Waals surface area (Å²) in [6, 6.07) is 0. The Bertz CT molecular complexity index is 1660. The molecule has 2 saturated heterocycles. The Morgan fingerprint density at radius 1 is 0.513 bits per heavy atom. The van der Waals surface area contributed by atoms with Gasteiger partial charge >= 0.3 is 19.8 Å². The number of unbranched alkanes of at least 4 members (excludes halogenated alkanes) is 22. The highest BCUT2D eigenvalue weighted by molar-refractivity contribution is 7.47. The van der Waals surface area contributed by atoms with Crippen LogP contribution in [0, 0.1) is 0 Å². The van der Waals surface area contributed by atoms with Crippen LogP contribution in [0.2, 0.25) is 0 Å². The molecule has 0 radical (unpaired) electrons. The predicted octanol–water partition coefficient (Wildman–Crippen LogP) is 3.31. The second-order valence-electron chi connectivity index (χ2n) is 20.9. The van der Waals surface area contributed by atoms with Crippen LogP contribution in [0.3, 0.4) is 0 Å². The lowest BCUT2D eigenvalue weighted by molar-refractivity contribution is -0.360. The van der Waals surface area contributed by atoms with Gasteiger partial charge in [0.25, 0.3) is 0 Å². The second kappa shape index (κ2) is 39.4. The normalized spacial score (nSPS) is 31.9. The molecule has 3 fully saturated rings. The highest BCUT2D eigenvalue weighted by Gasteiger charge is 2.58. The van der Waals surface area contributed by atoms with E-state index in [0.717, 1.165) is 63.9 Å². The number of aliphatic hydroxyl groups excluding tert-OH is 11. The minimum Gasteiger partial charge on any atom is -0.462 e. The lowest BCUT2D eigenvalue weighted by Crippen LogP contribution is -2.69. The number of phosphoric ester groups is 1.